The molecule has 0 fully saturated rings. The number of rotatable bonds is 11. The molecular formula is C21H27Cl2NO2. The van der Waals surface area contributed by atoms with Gasteiger partial charge in [-0.05, 0) is 30.7 Å². The monoisotopic (exact) mass is 395 g/mol. The molecule has 0 saturated heterocycles. The first-order valence-corrected chi connectivity index (χ1v) is 9.84. The second-order valence-corrected chi connectivity index (χ2v) is 7.03. The van der Waals surface area contributed by atoms with Crippen LogP contribution in [0.5, 0.6) is 11.5 Å². The first-order valence-electron chi connectivity index (χ1n) is 9.09. The highest BCUT2D eigenvalue weighted by Gasteiger charge is 2.11. The van der Waals surface area contributed by atoms with Gasteiger partial charge in [0.1, 0.15) is 6.61 Å². The smallest absolute Gasteiger partial charge is 0.163 e. The van der Waals surface area contributed by atoms with Crippen molar-refractivity contribution in [2.24, 2.45) is 0 Å². The minimum atomic E-state index is 0.362. The van der Waals surface area contributed by atoms with E-state index in [0.29, 0.717) is 34.7 Å². The lowest BCUT2D eigenvalue weighted by Gasteiger charge is -2.15. The number of nitrogens with one attached hydrogen (secondary N) is 1. The number of hydrogen-bond acceptors (Lipinski definition) is 3. The van der Waals surface area contributed by atoms with Gasteiger partial charge in [0.05, 0.1) is 7.11 Å². The molecule has 1 N–H and O–H groups in total. The Bertz CT molecular complexity index is 692. The molecule has 5 heteroatoms. The van der Waals surface area contributed by atoms with E-state index in [0.717, 1.165) is 17.7 Å². The third-order valence-electron chi connectivity index (χ3n) is 4.20. The Morgan fingerprint density at radius 1 is 0.923 bits per heavy atom. The van der Waals surface area contributed by atoms with Gasteiger partial charge >= 0.3 is 0 Å². The molecule has 0 aliphatic carbocycles. The fourth-order valence-corrected chi connectivity index (χ4v) is 3.07. The van der Waals surface area contributed by atoms with Crippen molar-refractivity contribution in [3.8, 4) is 11.5 Å². The highest BCUT2D eigenvalue weighted by atomic mass is 35.5. The highest BCUT2D eigenvalue weighted by molar-refractivity contribution is 6.31. The molecule has 2 aromatic carbocycles. The van der Waals surface area contributed by atoms with Gasteiger partial charge in [-0.1, -0.05) is 67.6 Å². The Morgan fingerprint density at radius 2 is 1.73 bits per heavy atom. The zero-order valence-electron chi connectivity index (χ0n) is 15.5. The maximum Gasteiger partial charge on any atom is 0.163 e. The lowest BCUT2D eigenvalue weighted by Crippen LogP contribution is -2.15. The molecule has 0 aliphatic rings. The lowest BCUT2D eigenvalue weighted by molar-refractivity contribution is 0.284. The second kappa shape index (κ2) is 11.3. The SMILES string of the molecule is CCCCCCNCc1cc(OC)c(OCc2ccccc2Cl)cc1Cl. The minimum absolute atomic E-state index is 0.362. The first kappa shape index (κ1) is 20.9. The van der Waals surface area contributed by atoms with Crippen LogP contribution in [0.15, 0.2) is 36.4 Å². The maximum absolute atomic E-state index is 6.43. The minimum Gasteiger partial charge on any atom is -0.493 e. The Morgan fingerprint density at radius 3 is 2.46 bits per heavy atom. The molecule has 142 valence electrons. The maximum atomic E-state index is 6.43. The summed E-state index contributed by atoms with van der Waals surface area (Å²) in [6, 6.07) is 11.4. The van der Waals surface area contributed by atoms with Crippen LogP contribution in [-0.4, -0.2) is 13.7 Å². The molecule has 26 heavy (non-hydrogen) atoms. The molecule has 0 aromatic heterocycles. The van der Waals surface area contributed by atoms with Crippen molar-refractivity contribution in [2.45, 2.75) is 45.8 Å². The van der Waals surface area contributed by atoms with Gasteiger partial charge in [-0.3, -0.25) is 0 Å². The van der Waals surface area contributed by atoms with E-state index >= 15 is 0 Å². The van der Waals surface area contributed by atoms with Crippen LogP contribution >= 0.6 is 23.2 Å². The molecule has 2 rings (SSSR count). The predicted octanol–water partition coefficient (Wildman–Crippen LogP) is 6.25. The van der Waals surface area contributed by atoms with Crippen LogP contribution in [0.25, 0.3) is 0 Å². The van der Waals surface area contributed by atoms with Gasteiger partial charge in [-0.15, -0.1) is 0 Å². The summed E-state index contributed by atoms with van der Waals surface area (Å²) in [7, 11) is 1.63. The van der Waals surface area contributed by atoms with Crippen molar-refractivity contribution in [3.63, 3.8) is 0 Å². The number of unbranched alkanes of at least 4 members (excludes halogenated alkanes) is 3. The van der Waals surface area contributed by atoms with Gasteiger partial charge in [0.25, 0.3) is 0 Å². The molecule has 0 unspecified atom stereocenters. The van der Waals surface area contributed by atoms with Crippen molar-refractivity contribution in [3.05, 3.63) is 57.6 Å². The number of ether oxygens (including phenoxy) is 2. The fraction of sp³-hybridized carbons (Fsp3) is 0.429. The van der Waals surface area contributed by atoms with E-state index in [1.807, 2.05) is 36.4 Å². The molecule has 0 radical (unpaired) electrons. The van der Waals surface area contributed by atoms with Gasteiger partial charge in [-0.25, -0.2) is 0 Å². The van der Waals surface area contributed by atoms with Crippen molar-refractivity contribution >= 4 is 23.2 Å². The Hall–Kier alpha value is -1.42. The molecule has 3 nitrogen and oxygen atoms in total. The summed E-state index contributed by atoms with van der Waals surface area (Å²) in [6.07, 6.45) is 4.98. The molecule has 0 atom stereocenters. The van der Waals surface area contributed by atoms with Gasteiger partial charge in [0, 0.05) is 28.2 Å². The van der Waals surface area contributed by atoms with E-state index in [1.165, 1.54) is 25.7 Å². The summed E-state index contributed by atoms with van der Waals surface area (Å²) < 4.78 is 11.4. The van der Waals surface area contributed by atoms with Gasteiger partial charge in [0.2, 0.25) is 0 Å². The molecule has 0 amide bonds. The topological polar surface area (TPSA) is 30.5 Å². The number of benzene rings is 2. The number of hydrogen-bond donors (Lipinski definition) is 1. The Balaban J connectivity index is 1.96. The standard InChI is InChI=1S/C21H27Cl2NO2/c1-3-4-5-8-11-24-14-17-12-20(25-2)21(13-19(17)23)26-15-16-9-6-7-10-18(16)22/h6-7,9-10,12-13,24H,3-5,8,11,14-15H2,1-2H3. The first-order chi connectivity index (χ1) is 12.7. The van der Waals surface area contributed by atoms with Crippen molar-refractivity contribution in [1.82, 2.24) is 5.32 Å². The third-order valence-corrected chi connectivity index (χ3v) is 4.92. The van der Waals surface area contributed by atoms with Crippen molar-refractivity contribution in [1.29, 1.82) is 0 Å². The molecule has 0 spiro atoms. The van der Waals surface area contributed by atoms with Crippen LogP contribution in [0.3, 0.4) is 0 Å². The lowest BCUT2D eigenvalue weighted by atomic mass is 10.1. The van der Waals surface area contributed by atoms with Crippen LogP contribution < -0.4 is 14.8 Å². The number of methoxy groups -OCH3 is 1. The average Bonchev–Trinajstić information content (AvgIpc) is 2.65. The predicted molar refractivity (Wildman–Crippen MR) is 110 cm³/mol. The van der Waals surface area contributed by atoms with Crippen LogP contribution in [0.2, 0.25) is 10.0 Å². The van der Waals surface area contributed by atoms with E-state index in [1.54, 1.807) is 7.11 Å². The van der Waals surface area contributed by atoms with E-state index in [4.69, 9.17) is 32.7 Å². The van der Waals surface area contributed by atoms with Crippen molar-refractivity contribution in [2.75, 3.05) is 13.7 Å². The Labute approximate surface area is 166 Å². The summed E-state index contributed by atoms with van der Waals surface area (Å²) in [4.78, 5) is 0. The van der Waals surface area contributed by atoms with E-state index in [2.05, 4.69) is 12.2 Å². The van der Waals surface area contributed by atoms with E-state index in [9.17, 15) is 0 Å². The van der Waals surface area contributed by atoms with E-state index < -0.39 is 0 Å². The van der Waals surface area contributed by atoms with Gasteiger partial charge in [0.15, 0.2) is 11.5 Å². The summed E-state index contributed by atoms with van der Waals surface area (Å²) in [5, 5.41) is 4.79. The van der Waals surface area contributed by atoms with E-state index in [-0.39, 0.29) is 0 Å². The zero-order valence-corrected chi connectivity index (χ0v) is 17.0. The normalized spacial score (nSPS) is 10.8. The zero-order chi connectivity index (χ0) is 18.8. The quantitative estimate of drug-likeness (QED) is 0.456. The van der Waals surface area contributed by atoms with Crippen LogP contribution in [0.4, 0.5) is 0 Å². The summed E-state index contributed by atoms with van der Waals surface area (Å²) in [5.41, 5.74) is 1.93. The molecule has 0 saturated carbocycles. The molecule has 0 heterocycles. The van der Waals surface area contributed by atoms with Gasteiger partial charge in [-0.2, -0.15) is 0 Å². The third kappa shape index (κ3) is 6.39. The van der Waals surface area contributed by atoms with Crippen LogP contribution in [-0.2, 0) is 13.2 Å². The van der Waals surface area contributed by atoms with Crippen molar-refractivity contribution < 1.29 is 9.47 Å². The fourth-order valence-electron chi connectivity index (χ4n) is 2.66. The van der Waals surface area contributed by atoms with Crippen LogP contribution in [0, 0.1) is 0 Å². The summed E-state index contributed by atoms with van der Waals surface area (Å²) in [5.74, 6) is 1.29. The van der Waals surface area contributed by atoms with Gasteiger partial charge < -0.3 is 14.8 Å². The summed E-state index contributed by atoms with van der Waals surface area (Å²) in [6.45, 7) is 4.28. The average molecular weight is 396 g/mol. The molecule has 2 aromatic rings. The highest BCUT2D eigenvalue weighted by Crippen LogP contribution is 2.34. The molecule has 0 aliphatic heterocycles. The number of halogens is 2. The largest absolute Gasteiger partial charge is 0.493 e. The second-order valence-electron chi connectivity index (χ2n) is 6.21. The molecule has 0 bridgehead atoms. The molecular weight excluding hydrogens is 369 g/mol. The Kier molecular flexibility index (Phi) is 9.10. The summed E-state index contributed by atoms with van der Waals surface area (Å²) >= 11 is 12.6. The van der Waals surface area contributed by atoms with Crippen LogP contribution in [0.1, 0.15) is 43.7 Å².